The Bertz CT molecular complexity index is 1240. The van der Waals surface area contributed by atoms with Crippen molar-refractivity contribution in [2.75, 3.05) is 0 Å². The summed E-state index contributed by atoms with van der Waals surface area (Å²) in [5, 5.41) is 31.8. The van der Waals surface area contributed by atoms with E-state index in [2.05, 4.69) is 0 Å². The molecule has 13 nitrogen and oxygen atoms in total. The van der Waals surface area contributed by atoms with Gasteiger partial charge in [0.15, 0.2) is 17.2 Å². The van der Waals surface area contributed by atoms with Crippen LogP contribution in [0.2, 0.25) is 15.1 Å². The van der Waals surface area contributed by atoms with Gasteiger partial charge in [0.05, 0.1) is 29.8 Å². The first-order chi connectivity index (χ1) is 16.4. The van der Waals surface area contributed by atoms with Crippen LogP contribution >= 0.6 is 42.6 Å². The van der Waals surface area contributed by atoms with Gasteiger partial charge < -0.3 is 13.6 Å². The molecule has 0 amide bonds. The van der Waals surface area contributed by atoms with Gasteiger partial charge in [-0.3, -0.25) is 30.3 Å². The molecule has 0 aliphatic heterocycles. The maximum absolute atomic E-state index is 13.6. The second kappa shape index (κ2) is 10.3. The Morgan fingerprint density at radius 2 is 0.829 bits per heavy atom. The van der Waals surface area contributed by atoms with Gasteiger partial charge in [0.25, 0.3) is 17.1 Å². The normalized spacial score (nSPS) is 10.9. The van der Waals surface area contributed by atoms with Crippen LogP contribution in [-0.2, 0) is 4.57 Å². The molecule has 0 bridgehead atoms. The molecule has 0 radical (unpaired) electrons. The van der Waals surface area contributed by atoms with E-state index < -0.39 is 39.7 Å². The fraction of sp³-hybridized carbons (Fsp3) is 0. The van der Waals surface area contributed by atoms with E-state index in [1.54, 1.807) is 0 Å². The average molecular weight is 565 g/mol. The fourth-order valence-corrected chi connectivity index (χ4v) is 4.56. The number of phosphoric ester groups is 1. The van der Waals surface area contributed by atoms with E-state index in [9.17, 15) is 34.9 Å². The molecule has 3 aromatic rings. The lowest BCUT2D eigenvalue weighted by Crippen LogP contribution is -2.08. The number of rotatable bonds is 9. The van der Waals surface area contributed by atoms with E-state index in [0.29, 0.717) is 0 Å². The lowest BCUT2D eigenvalue weighted by atomic mass is 10.3. The number of nitro benzene ring substituents is 3. The van der Waals surface area contributed by atoms with Crippen LogP contribution < -0.4 is 13.6 Å². The van der Waals surface area contributed by atoms with Crippen LogP contribution in [0.25, 0.3) is 0 Å². The molecule has 17 heteroatoms. The first kappa shape index (κ1) is 26.0. The molecular weight excluding hydrogens is 556 g/mol. The van der Waals surface area contributed by atoms with Crippen molar-refractivity contribution in [3.05, 3.63) is 100 Å². The molecule has 182 valence electrons. The summed E-state index contributed by atoms with van der Waals surface area (Å²) in [6, 6.07) is 8.82. The Morgan fingerprint density at radius 3 is 1.03 bits per heavy atom. The summed E-state index contributed by atoms with van der Waals surface area (Å²) in [4.78, 5) is 30.6. The summed E-state index contributed by atoms with van der Waals surface area (Å²) < 4.78 is 29.5. The highest BCUT2D eigenvalue weighted by atomic mass is 35.5. The number of halogens is 3. The predicted octanol–water partition coefficient (Wildman–Crippen LogP) is 7.02. The van der Waals surface area contributed by atoms with Crippen molar-refractivity contribution in [2.24, 2.45) is 0 Å². The van der Waals surface area contributed by atoms with Crippen LogP contribution in [0.3, 0.4) is 0 Å². The van der Waals surface area contributed by atoms with Crippen molar-refractivity contribution >= 4 is 59.7 Å². The van der Waals surface area contributed by atoms with Crippen LogP contribution in [0.5, 0.6) is 17.2 Å². The van der Waals surface area contributed by atoms with E-state index in [0.717, 1.165) is 54.6 Å². The SMILES string of the molecule is O=[N+]([O-])c1ccc(OP(=O)(Oc2ccc([N+](=O)[O-])cc2Cl)Oc2ccc([N+](=O)[O-])cc2Cl)c(Cl)c1. The maximum Gasteiger partial charge on any atom is 0.647 e. The summed E-state index contributed by atoms with van der Waals surface area (Å²) in [6.07, 6.45) is 0. The lowest BCUT2D eigenvalue weighted by Gasteiger charge is -2.20. The summed E-state index contributed by atoms with van der Waals surface area (Å²) in [6.45, 7) is 0. The molecular formula is C18H9Cl3N3O10P. The Morgan fingerprint density at radius 1 is 0.571 bits per heavy atom. The number of hydrogen-bond acceptors (Lipinski definition) is 10. The Balaban J connectivity index is 2.03. The molecule has 35 heavy (non-hydrogen) atoms. The predicted molar refractivity (Wildman–Crippen MR) is 124 cm³/mol. The van der Waals surface area contributed by atoms with Crippen LogP contribution in [0, 0.1) is 30.3 Å². The minimum Gasteiger partial charge on any atom is -0.384 e. The van der Waals surface area contributed by atoms with Crippen molar-refractivity contribution in [2.45, 2.75) is 0 Å². The van der Waals surface area contributed by atoms with Crippen molar-refractivity contribution in [1.82, 2.24) is 0 Å². The smallest absolute Gasteiger partial charge is 0.384 e. The Kier molecular flexibility index (Phi) is 7.66. The molecule has 0 saturated heterocycles. The molecule has 0 heterocycles. The lowest BCUT2D eigenvalue weighted by molar-refractivity contribution is -0.385. The molecule has 0 spiro atoms. The third-order valence-electron chi connectivity index (χ3n) is 4.01. The second-order valence-electron chi connectivity index (χ2n) is 6.34. The van der Waals surface area contributed by atoms with Gasteiger partial charge in [-0.25, -0.2) is 0 Å². The largest absolute Gasteiger partial charge is 0.647 e. The van der Waals surface area contributed by atoms with Gasteiger partial charge in [0.2, 0.25) is 0 Å². The summed E-state index contributed by atoms with van der Waals surface area (Å²) >= 11 is 18.0. The number of benzene rings is 3. The highest BCUT2D eigenvalue weighted by molar-refractivity contribution is 7.49. The fourth-order valence-electron chi connectivity index (χ4n) is 2.45. The van der Waals surface area contributed by atoms with Crippen molar-refractivity contribution < 1.29 is 32.9 Å². The highest BCUT2D eigenvalue weighted by Crippen LogP contribution is 2.53. The zero-order valence-corrected chi connectivity index (χ0v) is 19.9. The third-order valence-corrected chi connectivity index (χ3v) is 6.16. The monoisotopic (exact) mass is 563 g/mol. The van der Waals surface area contributed by atoms with E-state index >= 15 is 0 Å². The Hall–Kier alpha value is -3.64. The van der Waals surface area contributed by atoms with E-state index in [4.69, 9.17) is 48.4 Å². The van der Waals surface area contributed by atoms with E-state index in [1.165, 1.54) is 0 Å². The van der Waals surface area contributed by atoms with Crippen molar-refractivity contribution in [1.29, 1.82) is 0 Å². The molecule has 0 fully saturated rings. The number of hydrogen-bond donors (Lipinski definition) is 0. The van der Waals surface area contributed by atoms with Crippen molar-refractivity contribution in [3.63, 3.8) is 0 Å². The number of nitrogens with zero attached hydrogens (tertiary/aromatic N) is 3. The van der Waals surface area contributed by atoms with E-state index in [-0.39, 0.29) is 32.3 Å². The van der Waals surface area contributed by atoms with Crippen LogP contribution in [-0.4, -0.2) is 14.8 Å². The minimum atomic E-state index is -4.85. The minimum absolute atomic E-state index is 0.337. The Labute approximate surface area is 209 Å². The van der Waals surface area contributed by atoms with Gasteiger partial charge in [-0.1, -0.05) is 34.8 Å². The summed E-state index contributed by atoms with van der Waals surface area (Å²) in [7, 11) is -4.85. The third kappa shape index (κ3) is 6.28. The van der Waals surface area contributed by atoms with E-state index in [1.807, 2.05) is 0 Å². The molecule has 0 unspecified atom stereocenters. The molecule has 3 rings (SSSR count). The van der Waals surface area contributed by atoms with Crippen molar-refractivity contribution in [3.8, 4) is 17.2 Å². The molecule has 0 aliphatic rings. The topological polar surface area (TPSA) is 174 Å². The zero-order valence-electron chi connectivity index (χ0n) is 16.7. The van der Waals surface area contributed by atoms with Crippen LogP contribution in [0.15, 0.2) is 54.6 Å². The molecule has 0 saturated carbocycles. The number of phosphoric acid groups is 1. The first-order valence-electron chi connectivity index (χ1n) is 8.89. The number of nitro groups is 3. The molecule has 3 aromatic carbocycles. The van der Waals surface area contributed by atoms with Gasteiger partial charge in [-0.2, -0.15) is 4.57 Å². The summed E-state index contributed by atoms with van der Waals surface area (Å²) in [5.41, 5.74) is -1.18. The average Bonchev–Trinajstić information content (AvgIpc) is 2.77. The van der Waals surface area contributed by atoms with Gasteiger partial charge in [0, 0.05) is 36.4 Å². The number of non-ortho nitro benzene ring substituents is 3. The zero-order chi connectivity index (χ0) is 25.9. The first-order valence-corrected chi connectivity index (χ1v) is 11.5. The maximum atomic E-state index is 13.6. The standard InChI is InChI=1S/C18H9Cl3N3O10P/c19-13-7-10(22(25)26)1-4-16(13)32-35(31,33-17-5-2-11(23(27)28)8-14(17)20)34-18-6-3-12(24(29)30)9-15(18)21/h1-9H. The van der Waals surface area contributed by atoms with Crippen LogP contribution in [0.4, 0.5) is 17.1 Å². The quantitative estimate of drug-likeness (QED) is 0.149. The van der Waals surface area contributed by atoms with Gasteiger partial charge in [-0.05, 0) is 18.2 Å². The van der Waals surface area contributed by atoms with Gasteiger partial charge in [0.1, 0.15) is 0 Å². The highest BCUT2D eigenvalue weighted by Gasteiger charge is 2.36. The molecule has 0 atom stereocenters. The van der Waals surface area contributed by atoms with Gasteiger partial charge in [-0.15, -0.1) is 0 Å². The molecule has 0 aliphatic carbocycles. The molecule has 0 N–H and O–H groups in total. The van der Waals surface area contributed by atoms with Gasteiger partial charge >= 0.3 is 7.82 Å². The second-order valence-corrected chi connectivity index (χ2v) is 9.00. The summed E-state index contributed by atoms with van der Waals surface area (Å²) in [5.74, 6) is -1.09. The molecule has 0 aromatic heterocycles. The van der Waals surface area contributed by atoms with Crippen LogP contribution in [0.1, 0.15) is 0 Å².